The summed E-state index contributed by atoms with van der Waals surface area (Å²) in [5, 5.41) is 6.17. The van der Waals surface area contributed by atoms with Gasteiger partial charge in [-0.1, -0.05) is 6.07 Å². The number of hydrogen-bond acceptors (Lipinski definition) is 4. The molecular weight excluding hydrogens is 363 g/mol. The van der Waals surface area contributed by atoms with Gasteiger partial charge in [0.15, 0.2) is 5.96 Å². The molecule has 1 aromatic carbocycles. The number of guanidine groups is 1. The lowest BCUT2D eigenvalue weighted by Crippen LogP contribution is -2.39. The van der Waals surface area contributed by atoms with Gasteiger partial charge >= 0.3 is 6.18 Å². The average molecular weight is 391 g/mol. The molecule has 154 valence electrons. The lowest BCUT2D eigenvalue weighted by Gasteiger charge is -2.13. The van der Waals surface area contributed by atoms with Crippen molar-refractivity contribution in [2.45, 2.75) is 19.5 Å². The van der Waals surface area contributed by atoms with E-state index < -0.39 is 11.7 Å². The summed E-state index contributed by atoms with van der Waals surface area (Å²) in [4.78, 5) is 4.40. The Kier molecular flexibility index (Phi) is 11.3. The molecule has 6 nitrogen and oxygen atoms in total. The van der Waals surface area contributed by atoms with Gasteiger partial charge in [0.05, 0.1) is 25.3 Å². The monoisotopic (exact) mass is 391 g/mol. The molecule has 0 bridgehead atoms. The number of methoxy groups -OCH3 is 1. The molecule has 0 aromatic heterocycles. The Morgan fingerprint density at radius 2 is 1.93 bits per heavy atom. The van der Waals surface area contributed by atoms with Gasteiger partial charge in [-0.2, -0.15) is 13.2 Å². The fourth-order valence-corrected chi connectivity index (χ4v) is 2.04. The van der Waals surface area contributed by atoms with E-state index in [0.717, 1.165) is 18.6 Å². The highest BCUT2D eigenvalue weighted by Gasteiger charge is 2.30. The average Bonchev–Trinajstić information content (AvgIpc) is 2.64. The van der Waals surface area contributed by atoms with Crippen molar-refractivity contribution in [1.82, 2.24) is 10.6 Å². The van der Waals surface area contributed by atoms with Gasteiger partial charge in [-0.3, -0.25) is 4.99 Å². The predicted molar refractivity (Wildman–Crippen MR) is 98.2 cm³/mol. The highest BCUT2D eigenvalue weighted by molar-refractivity contribution is 5.79. The van der Waals surface area contributed by atoms with Crippen molar-refractivity contribution in [3.63, 3.8) is 0 Å². The van der Waals surface area contributed by atoms with Crippen molar-refractivity contribution in [1.29, 1.82) is 0 Å². The molecule has 0 spiro atoms. The standard InChI is InChI=1S/C18H28F3N3O3/c1-3-22-17(23-8-5-10-26-13-12-25-2)24-9-11-27-16-7-4-6-15(14-16)18(19,20)21/h4,6-7,14H,3,5,8-13H2,1-2H3,(H2,22,23,24). The van der Waals surface area contributed by atoms with Crippen LogP contribution in [-0.4, -0.2) is 59.1 Å². The van der Waals surface area contributed by atoms with Crippen LogP contribution in [0.3, 0.4) is 0 Å². The van der Waals surface area contributed by atoms with Crippen LogP contribution in [0.1, 0.15) is 18.9 Å². The molecule has 0 aliphatic rings. The van der Waals surface area contributed by atoms with Crippen LogP contribution in [0.5, 0.6) is 5.75 Å². The molecule has 0 saturated heterocycles. The third-order valence-electron chi connectivity index (χ3n) is 3.32. The topological polar surface area (TPSA) is 64.1 Å². The van der Waals surface area contributed by atoms with Gasteiger partial charge in [-0.15, -0.1) is 0 Å². The van der Waals surface area contributed by atoms with Gasteiger partial charge in [-0.25, -0.2) is 0 Å². The van der Waals surface area contributed by atoms with Crippen LogP contribution >= 0.6 is 0 Å². The Morgan fingerprint density at radius 3 is 2.63 bits per heavy atom. The number of hydrogen-bond donors (Lipinski definition) is 2. The van der Waals surface area contributed by atoms with E-state index >= 15 is 0 Å². The van der Waals surface area contributed by atoms with Gasteiger partial charge in [0.2, 0.25) is 0 Å². The van der Waals surface area contributed by atoms with E-state index in [1.807, 2.05) is 6.92 Å². The number of benzene rings is 1. The first-order chi connectivity index (χ1) is 13.0. The van der Waals surface area contributed by atoms with Crippen LogP contribution in [0.25, 0.3) is 0 Å². The van der Waals surface area contributed by atoms with Crippen molar-refractivity contribution >= 4 is 5.96 Å². The Balaban J connectivity index is 2.31. The lowest BCUT2D eigenvalue weighted by molar-refractivity contribution is -0.137. The molecule has 0 unspecified atom stereocenters. The first-order valence-electron chi connectivity index (χ1n) is 8.86. The predicted octanol–water partition coefficient (Wildman–Crippen LogP) is 2.69. The molecule has 9 heteroatoms. The molecule has 0 saturated carbocycles. The maximum atomic E-state index is 12.7. The minimum atomic E-state index is -4.38. The molecule has 0 atom stereocenters. The maximum absolute atomic E-state index is 12.7. The first-order valence-corrected chi connectivity index (χ1v) is 8.86. The lowest BCUT2D eigenvalue weighted by atomic mass is 10.2. The number of aliphatic imine (C=N–C) groups is 1. The zero-order valence-corrected chi connectivity index (χ0v) is 15.8. The van der Waals surface area contributed by atoms with Crippen molar-refractivity contribution < 1.29 is 27.4 Å². The van der Waals surface area contributed by atoms with Gasteiger partial charge in [0.25, 0.3) is 0 Å². The molecule has 0 aliphatic carbocycles. The molecule has 0 amide bonds. The summed E-state index contributed by atoms with van der Waals surface area (Å²) in [6, 6.07) is 4.83. The Bertz CT molecular complexity index is 554. The zero-order valence-electron chi connectivity index (χ0n) is 15.8. The first kappa shape index (κ1) is 23.0. The summed E-state index contributed by atoms with van der Waals surface area (Å²) in [5.74, 6) is 0.809. The van der Waals surface area contributed by atoms with Crippen LogP contribution in [-0.2, 0) is 15.7 Å². The second-order valence-corrected chi connectivity index (χ2v) is 5.52. The number of rotatable bonds is 12. The summed E-state index contributed by atoms with van der Waals surface area (Å²) in [5.41, 5.74) is -0.726. The quantitative estimate of drug-likeness (QED) is 0.326. The van der Waals surface area contributed by atoms with E-state index in [0.29, 0.717) is 45.4 Å². The molecule has 1 aromatic rings. The van der Waals surface area contributed by atoms with Crippen LogP contribution in [0, 0.1) is 0 Å². The van der Waals surface area contributed by atoms with E-state index in [9.17, 15) is 13.2 Å². The number of halogens is 3. The molecular formula is C18H28F3N3O3. The molecule has 0 aliphatic heterocycles. The van der Waals surface area contributed by atoms with E-state index in [-0.39, 0.29) is 12.4 Å². The molecule has 27 heavy (non-hydrogen) atoms. The largest absolute Gasteiger partial charge is 0.492 e. The summed E-state index contributed by atoms with van der Waals surface area (Å²) in [7, 11) is 1.62. The summed E-state index contributed by atoms with van der Waals surface area (Å²) in [6.45, 7) is 5.60. The van der Waals surface area contributed by atoms with Crippen molar-refractivity contribution in [3.05, 3.63) is 29.8 Å². The summed E-state index contributed by atoms with van der Waals surface area (Å²) in [6.07, 6.45) is -3.60. The second-order valence-electron chi connectivity index (χ2n) is 5.52. The molecule has 0 fully saturated rings. The number of alkyl halides is 3. The molecule has 2 N–H and O–H groups in total. The third-order valence-corrected chi connectivity index (χ3v) is 3.32. The normalized spacial score (nSPS) is 12.1. The second kappa shape index (κ2) is 13.2. The molecule has 1 rings (SSSR count). The number of ether oxygens (including phenoxy) is 3. The third kappa shape index (κ3) is 10.7. The molecule has 0 heterocycles. The van der Waals surface area contributed by atoms with Crippen molar-refractivity contribution in [2.24, 2.45) is 4.99 Å². The van der Waals surface area contributed by atoms with Gasteiger partial charge < -0.3 is 24.8 Å². The van der Waals surface area contributed by atoms with E-state index in [1.54, 1.807) is 7.11 Å². The Labute approximate surface area is 158 Å². The summed E-state index contributed by atoms with van der Waals surface area (Å²) < 4.78 is 53.6. The zero-order chi connectivity index (χ0) is 20.0. The van der Waals surface area contributed by atoms with Crippen LogP contribution in [0.4, 0.5) is 13.2 Å². The minimum absolute atomic E-state index is 0.182. The summed E-state index contributed by atoms with van der Waals surface area (Å²) >= 11 is 0. The van der Waals surface area contributed by atoms with E-state index in [2.05, 4.69) is 15.6 Å². The highest BCUT2D eigenvalue weighted by atomic mass is 19.4. The smallest absolute Gasteiger partial charge is 0.416 e. The Hall–Kier alpha value is -2.00. The van der Waals surface area contributed by atoms with Crippen LogP contribution in [0.2, 0.25) is 0 Å². The SMILES string of the molecule is CCNC(=NCCCOCCOC)NCCOc1cccc(C(F)(F)F)c1. The number of nitrogens with zero attached hydrogens (tertiary/aromatic N) is 1. The van der Waals surface area contributed by atoms with Gasteiger partial charge in [0.1, 0.15) is 12.4 Å². The fraction of sp³-hybridized carbons (Fsp3) is 0.611. The minimum Gasteiger partial charge on any atom is -0.492 e. The van der Waals surface area contributed by atoms with Gasteiger partial charge in [-0.05, 0) is 31.5 Å². The van der Waals surface area contributed by atoms with E-state index in [4.69, 9.17) is 14.2 Å². The van der Waals surface area contributed by atoms with Gasteiger partial charge in [0, 0.05) is 26.8 Å². The number of nitrogens with one attached hydrogen (secondary N) is 2. The molecule has 0 radical (unpaired) electrons. The highest BCUT2D eigenvalue weighted by Crippen LogP contribution is 2.31. The van der Waals surface area contributed by atoms with E-state index in [1.165, 1.54) is 12.1 Å². The maximum Gasteiger partial charge on any atom is 0.416 e. The van der Waals surface area contributed by atoms with Crippen molar-refractivity contribution in [3.8, 4) is 5.75 Å². The van der Waals surface area contributed by atoms with Crippen LogP contribution < -0.4 is 15.4 Å². The van der Waals surface area contributed by atoms with Crippen molar-refractivity contribution in [2.75, 3.05) is 53.2 Å². The van der Waals surface area contributed by atoms with Crippen LogP contribution in [0.15, 0.2) is 29.3 Å². The fourth-order valence-electron chi connectivity index (χ4n) is 2.04. The Morgan fingerprint density at radius 1 is 1.11 bits per heavy atom.